The number of anilines is 2. The molecule has 4 nitrogen and oxygen atoms in total. The van der Waals surface area contributed by atoms with Crippen molar-refractivity contribution in [1.82, 2.24) is 0 Å². The molecule has 196 valence electrons. The highest BCUT2D eigenvalue weighted by Gasteiger charge is 2.23. The van der Waals surface area contributed by atoms with E-state index in [1.165, 1.54) is 0 Å². The number of rotatable bonds is 4. The topological polar surface area (TPSA) is 40.6 Å². The molecule has 2 amide bonds. The molecule has 0 N–H and O–H groups in total. The summed E-state index contributed by atoms with van der Waals surface area (Å²) in [6, 6.07) is 35.5. The molecule has 6 rings (SSSR count). The Morgan fingerprint density at radius 2 is 0.900 bits per heavy atom. The standard InChI is InChI=1S/C36H30N2O2/c1-23-13-11-19-28-30(35(39)37(3)26-15-7-5-8-16-26)21-25-22-31(36(40)38(4)27-17-9-6-10-18-27)29-20-12-14-24(2)33(29)34(25)32(23)28/h5-22H,1-4H3. The maximum Gasteiger partial charge on any atom is 0.258 e. The molecular formula is C36H30N2O2. The summed E-state index contributed by atoms with van der Waals surface area (Å²) in [6.07, 6.45) is 0. The number of carbonyl (C=O) groups excluding carboxylic acids is 2. The molecule has 0 saturated heterocycles. The van der Waals surface area contributed by atoms with Crippen molar-refractivity contribution in [2.75, 3.05) is 23.9 Å². The van der Waals surface area contributed by atoms with Crippen molar-refractivity contribution in [3.05, 3.63) is 131 Å². The molecule has 0 heterocycles. The largest absolute Gasteiger partial charge is 0.311 e. The molecular weight excluding hydrogens is 492 g/mol. The molecule has 0 aliphatic heterocycles. The minimum absolute atomic E-state index is 0.0946. The lowest BCUT2D eigenvalue weighted by atomic mass is 9.87. The maximum atomic E-state index is 14.0. The van der Waals surface area contributed by atoms with Crippen molar-refractivity contribution in [1.29, 1.82) is 0 Å². The van der Waals surface area contributed by atoms with Gasteiger partial charge in [0.15, 0.2) is 0 Å². The average Bonchev–Trinajstić information content (AvgIpc) is 2.99. The van der Waals surface area contributed by atoms with Crippen LogP contribution in [0.1, 0.15) is 31.8 Å². The second kappa shape index (κ2) is 9.97. The second-order valence-electron chi connectivity index (χ2n) is 10.3. The first-order valence-electron chi connectivity index (χ1n) is 13.4. The SMILES string of the molecule is Cc1cccc2c(C(=O)N(C)c3ccccc3)cc3cc(C(=O)N(C)c4ccccc4)c4cccc(C)c4c3c12. The Morgan fingerprint density at radius 3 is 1.30 bits per heavy atom. The molecule has 0 spiro atoms. The quantitative estimate of drug-likeness (QED) is 0.218. The van der Waals surface area contributed by atoms with Gasteiger partial charge in [0.1, 0.15) is 0 Å². The van der Waals surface area contributed by atoms with Crippen molar-refractivity contribution >= 4 is 55.5 Å². The maximum absolute atomic E-state index is 14.0. The molecule has 0 atom stereocenters. The third-order valence-corrected chi connectivity index (χ3v) is 7.87. The highest BCUT2D eigenvalue weighted by Crippen LogP contribution is 2.40. The summed E-state index contributed by atoms with van der Waals surface area (Å²) in [5.41, 5.74) is 5.04. The highest BCUT2D eigenvalue weighted by atomic mass is 16.2. The lowest BCUT2D eigenvalue weighted by Gasteiger charge is -2.22. The van der Waals surface area contributed by atoms with E-state index in [2.05, 4.69) is 26.0 Å². The number of para-hydroxylation sites is 2. The summed E-state index contributed by atoms with van der Waals surface area (Å²) in [4.78, 5) is 31.4. The Labute approximate surface area is 234 Å². The van der Waals surface area contributed by atoms with Crippen LogP contribution >= 0.6 is 0 Å². The lowest BCUT2D eigenvalue weighted by molar-refractivity contribution is 0.0987. The third kappa shape index (κ3) is 4.09. The fourth-order valence-electron chi connectivity index (χ4n) is 5.77. The number of benzene rings is 6. The van der Waals surface area contributed by atoms with Crippen molar-refractivity contribution < 1.29 is 9.59 Å². The summed E-state index contributed by atoms with van der Waals surface area (Å²) in [7, 11) is 3.61. The summed E-state index contributed by atoms with van der Waals surface area (Å²) in [5.74, 6) is -0.189. The molecule has 40 heavy (non-hydrogen) atoms. The highest BCUT2D eigenvalue weighted by molar-refractivity contribution is 6.30. The predicted octanol–water partition coefficient (Wildman–Crippen LogP) is 8.32. The summed E-state index contributed by atoms with van der Waals surface area (Å²) < 4.78 is 0. The van der Waals surface area contributed by atoms with Gasteiger partial charge in [0, 0.05) is 36.6 Å². The van der Waals surface area contributed by atoms with Gasteiger partial charge in [0.05, 0.1) is 0 Å². The van der Waals surface area contributed by atoms with E-state index in [9.17, 15) is 9.59 Å². The average molecular weight is 523 g/mol. The van der Waals surface area contributed by atoms with Crippen LogP contribution in [-0.4, -0.2) is 25.9 Å². The Hall–Kier alpha value is -4.96. The fraction of sp³-hybridized carbons (Fsp3) is 0.111. The predicted molar refractivity (Wildman–Crippen MR) is 167 cm³/mol. The molecule has 0 bridgehead atoms. The van der Waals surface area contributed by atoms with Crippen LogP contribution in [0.4, 0.5) is 11.4 Å². The van der Waals surface area contributed by atoms with Crippen molar-refractivity contribution in [2.45, 2.75) is 13.8 Å². The van der Waals surface area contributed by atoms with E-state index in [4.69, 9.17) is 0 Å². The van der Waals surface area contributed by atoms with E-state index in [0.29, 0.717) is 11.1 Å². The van der Waals surface area contributed by atoms with E-state index in [-0.39, 0.29) is 11.8 Å². The third-order valence-electron chi connectivity index (χ3n) is 7.87. The molecule has 0 saturated carbocycles. The van der Waals surface area contributed by atoms with Crippen molar-refractivity contribution in [3.63, 3.8) is 0 Å². The van der Waals surface area contributed by atoms with Crippen LogP contribution in [0.5, 0.6) is 0 Å². The van der Waals surface area contributed by atoms with Crippen LogP contribution in [0.15, 0.2) is 109 Å². The Morgan fingerprint density at radius 1 is 0.500 bits per heavy atom. The van der Waals surface area contributed by atoms with Gasteiger partial charge >= 0.3 is 0 Å². The number of carbonyl (C=O) groups is 2. The van der Waals surface area contributed by atoms with E-state index in [0.717, 1.165) is 54.8 Å². The molecule has 6 aromatic carbocycles. The molecule has 6 aromatic rings. The Bertz CT molecular complexity index is 1790. The van der Waals surface area contributed by atoms with Gasteiger partial charge in [-0.2, -0.15) is 0 Å². The Balaban J connectivity index is 1.67. The lowest BCUT2D eigenvalue weighted by Crippen LogP contribution is -2.27. The summed E-state index contributed by atoms with van der Waals surface area (Å²) in [6.45, 7) is 4.17. The van der Waals surface area contributed by atoms with Gasteiger partial charge in [-0.15, -0.1) is 0 Å². The van der Waals surface area contributed by atoms with Gasteiger partial charge in [0.2, 0.25) is 0 Å². The smallest absolute Gasteiger partial charge is 0.258 e. The molecule has 0 aromatic heterocycles. The molecule has 0 aliphatic rings. The normalized spacial score (nSPS) is 11.2. The van der Waals surface area contributed by atoms with Crippen LogP contribution in [-0.2, 0) is 0 Å². The van der Waals surface area contributed by atoms with E-state index in [1.807, 2.05) is 97.1 Å². The second-order valence-corrected chi connectivity index (χ2v) is 10.3. The van der Waals surface area contributed by atoms with Gasteiger partial charge < -0.3 is 9.80 Å². The number of fused-ring (bicyclic) bond motifs is 5. The van der Waals surface area contributed by atoms with Crippen LogP contribution in [0.2, 0.25) is 0 Å². The first-order valence-corrected chi connectivity index (χ1v) is 13.4. The van der Waals surface area contributed by atoms with Gasteiger partial charge in [0.25, 0.3) is 11.8 Å². The molecule has 0 fully saturated rings. The van der Waals surface area contributed by atoms with Gasteiger partial charge in [-0.1, -0.05) is 72.8 Å². The minimum atomic E-state index is -0.0946. The molecule has 0 radical (unpaired) electrons. The number of nitrogens with zero attached hydrogens (tertiary/aromatic N) is 2. The van der Waals surface area contributed by atoms with Crippen LogP contribution < -0.4 is 9.80 Å². The first kappa shape index (κ1) is 25.3. The number of hydrogen-bond acceptors (Lipinski definition) is 2. The summed E-state index contributed by atoms with van der Waals surface area (Å²) >= 11 is 0. The fourth-order valence-corrected chi connectivity index (χ4v) is 5.77. The van der Waals surface area contributed by atoms with Gasteiger partial charge in [-0.05, 0) is 93.7 Å². The minimum Gasteiger partial charge on any atom is -0.311 e. The van der Waals surface area contributed by atoms with Crippen LogP contribution in [0, 0.1) is 13.8 Å². The molecule has 0 unspecified atom stereocenters. The monoisotopic (exact) mass is 522 g/mol. The van der Waals surface area contributed by atoms with Crippen molar-refractivity contribution in [3.8, 4) is 0 Å². The number of amides is 2. The number of hydrogen-bond donors (Lipinski definition) is 0. The molecule has 4 heteroatoms. The van der Waals surface area contributed by atoms with E-state index in [1.54, 1.807) is 23.9 Å². The Kier molecular flexibility index (Phi) is 6.31. The zero-order valence-corrected chi connectivity index (χ0v) is 23.1. The van der Waals surface area contributed by atoms with Crippen LogP contribution in [0.3, 0.4) is 0 Å². The summed E-state index contributed by atoms with van der Waals surface area (Å²) in [5, 5.41) is 5.84. The number of aryl methyl sites for hydroxylation is 2. The van der Waals surface area contributed by atoms with Crippen molar-refractivity contribution in [2.24, 2.45) is 0 Å². The van der Waals surface area contributed by atoms with Crippen LogP contribution in [0.25, 0.3) is 32.3 Å². The zero-order chi connectivity index (χ0) is 28.0. The van der Waals surface area contributed by atoms with Gasteiger partial charge in [-0.3, -0.25) is 9.59 Å². The molecule has 0 aliphatic carbocycles. The zero-order valence-electron chi connectivity index (χ0n) is 23.1. The first-order chi connectivity index (χ1) is 19.4. The van der Waals surface area contributed by atoms with E-state index >= 15 is 0 Å². The van der Waals surface area contributed by atoms with Gasteiger partial charge in [-0.25, -0.2) is 0 Å². The van der Waals surface area contributed by atoms with E-state index < -0.39 is 0 Å².